The van der Waals surface area contributed by atoms with Crippen molar-refractivity contribution < 1.29 is 32.6 Å². The highest BCUT2D eigenvalue weighted by molar-refractivity contribution is 7.08. The number of aliphatic carboxylic acids is 1. The number of thiophene rings is 1. The normalized spacial score (nSPS) is 21.6. The molecule has 3 heterocycles. The molecule has 1 amide bonds. The van der Waals surface area contributed by atoms with E-state index in [-0.39, 0.29) is 11.3 Å². The van der Waals surface area contributed by atoms with Crippen LogP contribution in [0.5, 0.6) is 0 Å². The van der Waals surface area contributed by atoms with Crippen LogP contribution >= 0.6 is 11.3 Å². The molecule has 0 radical (unpaired) electrons. The molecule has 2 aliphatic rings. The molecule has 1 aromatic rings. The SMILES string of the molecule is COCC1CN(C(=O)c2ccsc2)CC12CCN(C(C)C)CC2.O=C(O)C(F)(F)F. The van der Waals surface area contributed by atoms with E-state index < -0.39 is 12.1 Å². The number of ether oxygens (including phenoxy) is 1. The monoisotopic (exact) mass is 450 g/mol. The molecule has 3 rings (SSSR count). The van der Waals surface area contributed by atoms with Crippen molar-refractivity contribution in [2.45, 2.75) is 38.9 Å². The summed E-state index contributed by atoms with van der Waals surface area (Å²) in [6.07, 6.45) is -2.74. The Bertz CT molecular complexity index is 701. The fraction of sp³-hybridized carbons (Fsp3) is 0.700. The molecule has 0 aromatic carbocycles. The van der Waals surface area contributed by atoms with Gasteiger partial charge in [-0.2, -0.15) is 24.5 Å². The largest absolute Gasteiger partial charge is 0.490 e. The minimum atomic E-state index is -5.08. The van der Waals surface area contributed by atoms with E-state index in [0.29, 0.717) is 12.0 Å². The number of alkyl halides is 3. The van der Waals surface area contributed by atoms with E-state index in [9.17, 15) is 18.0 Å². The summed E-state index contributed by atoms with van der Waals surface area (Å²) in [5.74, 6) is -2.10. The third-order valence-electron chi connectivity index (χ3n) is 6.00. The lowest BCUT2D eigenvalue weighted by atomic mass is 9.71. The first-order valence-electron chi connectivity index (χ1n) is 9.85. The third kappa shape index (κ3) is 5.95. The maximum absolute atomic E-state index is 12.7. The van der Waals surface area contributed by atoms with Crippen LogP contribution in [-0.2, 0) is 9.53 Å². The Balaban J connectivity index is 0.000000396. The molecule has 0 aliphatic carbocycles. The fourth-order valence-electron chi connectivity index (χ4n) is 4.24. The zero-order valence-electron chi connectivity index (χ0n) is 17.4. The van der Waals surface area contributed by atoms with E-state index >= 15 is 0 Å². The zero-order valence-corrected chi connectivity index (χ0v) is 18.3. The van der Waals surface area contributed by atoms with Crippen molar-refractivity contribution >= 4 is 23.2 Å². The van der Waals surface area contributed by atoms with Gasteiger partial charge in [0, 0.05) is 37.5 Å². The van der Waals surface area contributed by atoms with E-state index in [1.54, 1.807) is 18.4 Å². The quantitative estimate of drug-likeness (QED) is 0.759. The lowest BCUT2D eigenvalue weighted by Crippen LogP contribution is -2.47. The topological polar surface area (TPSA) is 70.1 Å². The summed E-state index contributed by atoms with van der Waals surface area (Å²) in [5, 5.41) is 11.1. The van der Waals surface area contributed by atoms with Crippen LogP contribution in [0.2, 0.25) is 0 Å². The van der Waals surface area contributed by atoms with E-state index in [1.165, 1.54) is 12.8 Å². The molecule has 1 spiro atoms. The Morgan fingerprint density at radius 3 is 2.37 bits per heavy atom. The molecule has 1 atom stereocenters. The standard InChI is InChI=1S/C18H28N2O2S.C2HF3O2/c1-14(2)19-7-5-18(6-8-19)13-20(10-16(18)11-22-3)17(21)15-4-9-23-12-15;3-2(4,5)1(6)7/h4,9,12,14,16H,5-8,10-11,13H2,1-3H3;(H,6,7). The average molecular weight is 451 g/mol. The van der Waals surface area contributed by atoms with Crippen LogP contribution in [0.4, 0.5) is 13.2 Å². The Labute approximate surface area is 178 Å². The number of carbonyl (C=O) groups is 2. The van der Waals surface area contributed by atoms with Gasteiger partial charge in [-0.3, -0.25) is 4.79 Å². The first kappa shape index (κ1) is 24.6. The fourth-order valence-corrected chi connectivity index (χ4v) is 4.87. The predicted octanol–water partition coefficient (Wildman–Crippen LogP) is 3.59. The first-order valence-corrected chi connectivity index (χ1v) is 10.8. The van der Waals surface area contributed by atoms with Crippen LogP contribution in [0.1, 0.15) is 37.0 Å². The Kier molecular flexibility index (Phi) is 8.29. The van der Waals surface area contributed by atoms with Gasteiger partial charge in [0.2, 0.25) is 0 Å². The number of halogens is 3. The number of hydrogen-bond acceptors (Lipinski definition) is 5. The molecule has 170 valence electrons. The molecule has 2 aliphatic heterocycles. The zero-order chi connectivity index (χ0) is 22.5. The van der Waals surface area contributed by atoms with Crippen molar-refractivity contribution in [1.82, 2.24) is 9.80 Å². The predicted molar refractivity (Wildman–Crippen MR) is 108 cm³/mol. The van der Waals surface area contributed by atoms with Crippen molar-refractivity contribution in [3.8, 4) is 0 Å². The lowest BCUT2D eigenvalue weighted by Gasteiger charge is -2.43. The van der Waals surface area contributed by atoms with Gasteiger partial charge >= 0.3 is 12.1 Å². The number of piperidine rings is 1. The van der Waals surface area contributed by atoms with Gasteiger partial charge in [-0.1, -0.05) is 0 Å². The number of amides is 1. The number of nitrogens with zero attached hydrogens (tertiary/aromatic N) is 2. The van der Waals surface area contributed by atoms with Gasteiger partial charge in [-0.05, 0) is 56.6 Å². The van der Waals surface area contributed by atoms with Gasteiger partial charge in [0.25, 0.3) is 5.91 Å². The highest BCUT2D eigenvalue weighted by atomic mass is 32.1. The second kappa shape index (κ2) is 10.1. The third-order valence-corrected chi connectivity index (χ3v) is 6.69. The number of carbonyl (C=O) groups excluding carboxylic acids is 1. The molecule has 2 saturated heterocycles. The van der Waals surface area contributed by atoms with Crippen LogP contribution in [0, 0.1) is 11.3 Å². The minimum absolute atomic E-state index is 0.190. The van der Waals surface area contributed by atoms with Crippen molar-refractivity contribution in [2.75, 3.05) is 39.9 Å². The highest BCUT2D eigenvalue weighted by Gasteiger charge is 2.49. The molecule has 1 unspecified atom stereocenters. The van der Waals surface area contributed by atoms with Crippen LogP contribution in [-0.4, -0.2) is 78.9 Å². The Hall–Kier alpha value is -1.65. The van der Waals surface area contributed by atoms with Gasteiger partial charge in [-0.15, -0.1) is 0 Å². The second-order valence-electron chi connectivity index (χ2n) is 8.14. The molecule has 6 nitrogen and oxygen atoms in total. The molecule has 1 aromatic heterocycles. The van der Waals surface area contributed by atoms with Crippen LogP contribution in [0.15, 0.2) is 16.8 Å². The molecular weight excluding hydrogens is 421 g/mol. The summed E-state index contributed by atoms with van der Waals surface area (Å²) in [4.78, 5) is 26.3. The number of likely N-dealkylation sites (tertiary alicyclic amines) is 2. The maximum Gasteiger partial charge on any atom is 0.490 e. The second-order valence-corrected chi connectivity index (χ2v) is 8.92. The summed E-state index contributed by atoms with van der Waals surface area (Å²) >= 11 is 1.59. The average Bonchev–Trinajstić information content (AvgIpc) is 3.31. The van der Waals surface area contributed by atoms with E-state index in [2.05, 4.69) is 23.6 Å². The van der Waals surface area contributed by atoms with Crippen LogP contribution in [0.25, 0.3) is 0 Å². The van der Waals surface area contributed by atoms with Gasteiger partial charge in [0.1, 0.15) is 0 Å². The molecule has 1 N–H and O–H groups in total. The van der Waals surface area contributed by atoms with Crippen molar-refractivity contribution in [1.29, 1.82) is 0 Å². The van der Waals surface area contributed by atoms with Crippen molar-refractivity contribution in [2.24, 2.45) is 11.3 Å². The first-order chi connectivity index (χ1) is 14.0. The number of carboxylic acids is 1. The van der Waals surface area contributed by atoms with Gasteiger partial charge in [-0.25, -0.2) is 4.79 Å². The summed E-state index contributed by atoms with van der Waals surface area (Å²) < 4.78 is 37.2. The van der Waals surface area contributed by atoms with E-state index in [1.807, 2.05) is 16.8 Å². The maximum atomic E-state index is 12.7. The number of carboxylic acid groups (broad SMARTS) is 1. The van der Waals surface area contributed by atoms with Gasteiger partial charge in [0.05, 0.1) is 12.2 Å². The summed E-state index contributed by atoms with van der Waals surface area (Å²) in [7, 11) is 1.78. The number of hydrogen-bond donors (Lipinski definition) is 1. The van der Waals surface area contributed by atoms with Crippen molar-refractivity contribution in [3.05, 3.63) is 22.4 Å². The summed E-state index contributed by atoms with van der Waals surface area (Å²) in [6, 6.07) is 2.54. The molecular formula is C20H29F3N2O4S. The summed E-state index contributed by atoms with van der Waals surface area (Å²) in [6.45, 7) is 9.30. The van der Waals surface area contributed by atoms with Crippen molar-refractivity contribution in [3.63, 3.8) is 0 Å². The van der Waals surface area contributed by atoms with E-state index in [0.717, 1.165) is 38.3 Å². The summed E-state index contributed by atoms with van der Waals surface area (Å²) in [5.41, 5.74) is 1.08. The minimum Gasteiger partial charge on any atom is -0.475 e. The Morgan fingerprint density at radius 2 is 1.93 bits per heavy atom. The van der Waals surface area contributed by atoms with Gasteiger partial charge in [0.15, 0.2) is 0 Å². The molecule has 0 bridgehead atoms. The molecule has 0 saturated carbocycles. The lowest BCUT2D eigenvalue weighted by molar-refractivity contribution is -0.192. The molecule has 2 fully saturated rings. The van der Waals surface area contributed by atoms with Crippen LogP contribution < -0.4 is 0 Å². The molecule has 10 heteroatoms. The van der Waals surface area contributed by atoms with Gasteiger partial charge < -0.3 is 19.6 Å². The smallest absolute Gasteiger partial charge is 0.475 e. The number of methoxy groups -OCH3 is 1. The number of rotatable bonds is 4. The molecule has 30 heavy (non-hydrogen) atoms. The highest BCUT2D eigenvalue weighted by Crippen LogP contribution is 2.45. The van der Waals surface area contributed by atoms with Crippen LogP contribution in [0.3, 0.4) is 0 Å². The van der Waals surface area contributed by atoms with E-state index in [4.69, 9.17) is 14.6 Å². The Morgan fingerprint density at radius 1 is 1.33 bits per heavy atom.